The van der Waals surface area contributed by atoms with Gasteiger partial charge in [0, 0.05) is 57.5 Å². The van der Waals surface area contributed by atoms with Gasteiger partial charge < -0.3 is 19.5 Å². The lowest BCUT2D eigenvalue weighted by molar-refractivity contribution is -0.142. The standard InChI is InChI=1S/C35H37N7O4S/c1-23-36-15-10-28(38-23)29-8-9-30(47-29)34(45)41-17-12-25(27(20-41)24-6-4-3-5-7-24)32(43)40-18-13-35(46,14-19-40)21-42-22-37-31-26(33(42)44)11-16-39(31)2/h3-11,15-16,22,25,27,46H,12-14,17-21H2,1-2H3/t25-,27+/m1/s1. The van der Waals surface area contributed by atoms with E-state index >= 15 is 0 Å². The molecule has 0 aliphatic carbocycles. The molecule has 2 atom stereocenters. The highest BCUT2D eigenvalue weighted by Crippen LogP contribution is 2.37. The van der Waals surface area contributed by atoms with Gasteiger partial charge in [-0.3, -0.25) is 19.0 Å². The summed E-state index contributed by atoms with van der Waals surface area (Å²) < 4.78 is 3.27. The van der Waals surface area contributed by atoms with Crippen LogP contribution in [0.2, 0.25) is 0 Å². The summed E-state index contributed by atoms with van der Waals surface area (Å²) in [6, 6.07) is 17.3. The summed E-state index contributed by atoms with van der Waals surface area (Å²) in [5.41, 5.74) is 1.13. The maximum atomic E-state index is 14.1. The van der Waals surface area contributed by atoms with Gasteiger partial charge in [0.2, 0.25) is 5.91 Å². The van der Waals surface area contributed by atoms with E-state index in [0.29, 0.717) is 67.2 Å². The predicted molar refractivity (Wildman–Crippen MR) is 179 cm³/mol. The van der Waals surface area contributed by atoms with Gasteiger partial charge in [0.05, 0.1) is 33.0 Å². The molecule has 6 heterocycles. The van der Waals surface area contributed by atoms with Gasteiger partial charge in [-0.1, -0.05) is 30.3 Å². The fraction of sp³-hybridized carbons (Fsp3) is 0.371. The van der Waals surface area contributed by atoms with E-state index in [0.717, 1.165) is 16.1 Å². The molecular formula is C35H37N7O4S. The highest BCUT2D eigenvalue weighted by Gasteiger charge is 2.42. The molecule has 2 amide bonds. The Kier molecular flexibility index (Phi) is 8.23. The van der Waals surface area contributed by atoms with Gasteiger partial charge >= 0.3 is 0 Å². The number of nitrogens with zero attached hydrogens (tertiary/aromatic N) is 7. The first-order valence-corrected chi connectivity index (χ1v) is 16.8. The van der Waals surface area contributed by atoms with Gasteiger partial charge in [0.25, 0.3) is 11.5 Å². The number of likely N-dealkylation sites (tertiary alicyclic amines) is 2. The summed E-state index contributed by atoms with van der Waals surface area (Å²) in [6.07, 6.45) is 6.28. The number of aryl methyl sites for hydroxylation is 2. The van der Waals surface area contributed by atoms with Crippen LogP contribution in [-0.4, -0.2) is 82.6 Å². The zero-order valence-electron chi connectivity index (χ0n) is 26.5. The second-order valence-electron chi connectivity index (χ2n) is 12.7. The highest BCUT2D eigenvalue weighted by molar-refractivity contribution is 7.17. The fourth-order valence-electron chi connectivity index (χ4n) is 6.96. The van der Waals surface area contributed by atoms with Gasteiger partial charge in [-0.2, -0.15) is 0 Å². The van der Waals surface area contributed by atoms with Crippen molar-refractivity contribution in [2.45, 2.75) is 44.2 Å². The third-order valence-corrected chi connectivity index (χ3v) is 10.7. The Morgan fingerprint density at radius 3 is 2.55 bits per heavy atom. The number of aromatic nitrogens is 5. The number of hydrogen-bond donors (Lipinski definition) is 1. The molecule has 1 N–H and O–H groups in total. The number of aliphatic hydroxyl groups is 1. The monoisotopic (exact) mass is 651 g/mol. The molecule has 7 rings (SSSR count). The third kappa shape index (κ3) is 6.10. The number of benzene rings is 1. The Morgan fingerprint density at radius 1 is 1.00 bits per heavy atom. The molecule has 47 heavy (non-hydrogen) atoms. The fourth-order valence-corrected chi connectivity index (χ4v) is 7.90. The summed E-state index contributed by atoms with van der Waals surface area (Å²) in [5.74, 6) is 0.240. The van der Waals surface area contributed by atoms with Crippen LogP contribution < -0.4 is 5.56 Å². The van der Waals surface area contributed by atoms with E-state index in [1.807, 2.05) is 72.3 Å². The van der Waals surface area contributed by atoms with E-state index in [1.54, 1.807) is 23.0 Å². The number of fused-ring (bicyclic) bond motifs is 1. The molecule has 4 aromatic heterocycles. The first kappa shape index (κ1) is 30.9. The average Bonchev–Trinajstić information content (AvgIpc) is 3.74. The Bertz CT molecular complexity index is 1990. The minimum atomic E-state index is -1.12. The molecule has 1 aromatic carbocycles. The Hall–Kier alpha value is -4.68. The van der Waals surface area contributed by atoms with Crippen LogP contribution in [-0.2, 0) is 18.4 Å². The average molecular weight is 652 g/mol. The van der Waals surface area contributed by atoms with Crippen molar-refractivity contribution in [3.63, 3.8) is 0 Å². The minimum Gasteiger partial charge on any atom is -0.388 e. The molecular weight excluding hydrogens is 614 g/mol. The SMILES string of the molecule is Cc1nccc(-c2ccc(C(=O)N3CC[C@@H](C(=O)N4CCC(O)(Cn5cnc6c(ccn6C)c5=O)CC4)[C@H](c4ccccc4)C3)s2)n1. The molecule has 0 saturated carbocycles. The maximum absolute atomic E-state index is 14.1. The van der Waals surface area contributed by atoms with E-state index in [-0.39, 0.29) is 35.8 Å². The number of rotatable bonds is 6. The molecule has 12 heteroatoms. The molecule has 11 nitrogen and oxygen atoms in total. The Labute approximate surface area is 276 Å². The summed E-state index contributed by atoms with van der Waals surface area (Å²) in [4.78, 5) is 59.2. The maximum Gasteiger partial charge on any atom is 0.263 e. The minimum absolute atomic E-state index is 0.0414. The molecule has 2 fully saturated rings. The van der Waals surface area contributed by atoms with Crippen LogP contribution in [0, 0.1) is 12.8 Å². The summed E-state index contributed by atoms with van der Waals surface area (Å²) in [5, 5.41) is 12.0. The van der Waals surface area contributed by atoms with Crippen molar-refractivity contribution in [2.24, 2.45) is 13.0 Å². The molecule has 5 aromatic rings. The third-order valence-electron chi connectivity index (χ3n) is 9.61. The molecule has 0 bridgehead atoms. The lowest BCUT2D eigenvalue weighted by atomic mass is 9.79. The quantitative estimate of drug-likeness (QED) is 0.296. The molecule has 242 valence electrons. The van der Waals surface area contributed by atoms with E-state index < -0.39 is 5.60 Å². The second-order valence-corrected chi connectivity index (χ2v) is 13.8. The molecule has 0 radical (unpaired) electrons. The van der Waals surface area contributed by atoms with Crippen LogP contribution in [0.4, 0.5) is 0 Å². The molecule has 2 aliphatic heterocycles. The van der Waals surface area contributed by atoms with E-state index in [4.69, 9.17) is 0 Å². The summed E-state index contributed by atoms with van der Waals surface area (Å²) >= 11 is 1.42. The van der Waals surface area contributed by atoms with Crippen molar-refractivity contribution in [3.8, 4) is 10.6 Å². The van der Waals surface area contributed by atoms with Gasteiger partial charge in [-0.15, -0.1) is 11.3 Å². The van der Waals surface area contributed by atoms with Crippen molar-refractivity contribution in [2.75, 3.05) is 26.2 Å². The van der Waals surface area contributed by atoms with Crippen LogP contribution in [0.25, 0.3) is 21.6 Å². The van der Waals surface area contributed by atoms with Crippen LogP contribution in [0.1, 0.15) is 46.2 Å². The van der Waals surface area contributed by atoms with Crippen LogP contribution >= 0.6 is 11.3 Å². The van der Waals surface area contributed by atoms with Crippen molar-refractivity contribution < 1.29 is 14.7 Å². The van der Waals surface area contributed by atoms with Gasteiger partial charge in [0.15, 0.2) is 0 Å². The van der Waals surface area contributed by atoms with Crippen LogP contribution in [0.5, 0.6) is 0 Å². The summed E-state index contributed by atoms with van der Waals surface area (Å²) in [7, 11) is 1.84. The number of thiophene rings is 1. The van der Waals surface area contributed by atoms with Crippen LogP contribution in [0.15, 0.2) is 78.1 Å². The Morgan fingerprint density at radius 2 is 1.79 bits per heavy atom. The van der Waals surface area contributed by atoms with Crippen molar-refractivity contribution in [1.82, 2.24) is 33.9 Å². The zero-order valence-corrected chi connectivity index (χ0v) is 27.3. The van der Waals surface area contributed by atoms with E-state index in [1.165, 1.54) is 22.2 Å². The topological polar surface area (TPSA) is 126 Å². The first-order chi connectivity index (χ1) is 22.7. The van der Waals surface area contributed by atoms with Crippen LogP contribution in [0.3, 0.4) is 0 Å². The molecule has 2 aliphatic rings. The number of piperidine rings is 2. The van der Waals surface area contributed by atoms with E-state index in [9.17, 15) is 19.5 Å². The van der Waals surface area contributed by atoms with Crippen molar-refractivity contribution >= 4 is 34.2 Å². The van der Waals surface area contributed by atoms with E-state index in [2.05, 4.69) is 15.0 Å². The number of carbonyl (C=O) groups excluding carboxylic acids is 2. The number of carbonyl (C=O) groups is 2. The normalized spacial score (nSPS) is 19.6. The van der Waals surface area contributed by atoms with Gasteiger partial charge in [-0.05, 0) is 56.0 Å². The van der Waals surface area contributed by atoms with Gasteiger partial charge in [0.1, 0.15) is 17.8 Å². The first-order valence-electron chi connectivity index (χ1n) is 15.9. The van der Waals surface area contributed by atoms with Crippen molar-refractivity contribution in [1.29, 1.82) is 0 Å². The van der Waals surface area contributed by atoms with Crippen molar-refractivity contribution in [3.05, 3.63) is 99.9 Å². The Balaban J connectivity index is 1.04. The molecule has 0 unspecified atom stereocenters. The predicted octanol–water partition coefficient (Wildman–Crippen LogP) is 3.86. The lowest BCUT2D eigenvalue weighted by Gasteiger charge is -2.43. The second kappa shape index (κ2) is 12.5. The molecule has 2 saturated heterocycles. The largest absolute Gasteiger partial charge is 0.388 e. The zero-order chi connectivity index (χ0) is 32.7. The number of amides is 2. The smallest absolute Gasteiger partial charge is 0.263 e. The number of hydrogen-bond acceptors (Lipinski definition) is 8. The highest BCUT2D eigenvalue weighted by atomic mass is 32.1. The molecule has 0 spiro atoms. The van der Waals surface area contributed by atoms with Gasteiger partial charge in [-0.25, -0.2) is 15.0 Å². The summed E-state index contributed by atoms with van der Waals surface area (Å²) in [6.45, 7) is 3.68. The lowest BCUT2D eigenvalue weighted by Crippen LogP contribution is -2.53.